The third-order valence-electron chi connectivity index (χ3n) is 3.47. The molecule has 106 valence electrons. The van der Waals surface area contributed by atoms with Crippen molar-refractivity contribution < 1.29 is 9.85 Å². The van der Waals surface area contributed by atoms with Gasteiger partial charge in [-0.2, -0.15) is 0 Å². The minimum absolute atomic E-state index is 0.0500. The third-order valence-corrected chi connectivity index (χ3v) is 3.47. The number of benzene rings is 2. The second kappa shape index (κ2) is 4.86. The number of hydrogen-bond acceptors (Lipinski definition) is 5. The van der Waals surface area contributed by atoms with Crippen LogP contribution in [0.15, 0.2) is 48.5 Å². The maximum Gasteiger partial charge on any atom is 0.299 e. The third kappa shape index (κ3) is 2.29. The number of nitro groups is 2. The van der Waals surface area contributed by atoms with Gasteiger partial charge in [-0.1, -0.05) is 30.3 Å². The van der Waals surface area contributed by atoms with Crippen molar-refractivity contribution in [2.45, 2.75) is 6.04 Å². The van der Waals surface area contributed by atoms with Gasteiger partial charge in [0.25, 0.3) is 11.4 Å². The fourth-order valence-corrected chi connectivity index (χ4v) is 2.46. The minimum atomic E-state index is -0.581. The molecule has 0 saturated carbocycles. The van der Waals surface area contributed by atoms with E-state index in [1.54, 1.807) is 4.90 Å². The van der Waals surface area contributed by atoms with Crippen LogP contribution in [0.4, 0.5) is 17.1 Å². The van der Waals surface area contributed by atoms with E-state index in [1.807, 2.05) is 30.3 Å². The second-order valence-corrected chi connectivity index (χ2v) is 4.74. The first kappa shape index (κ1) is 13.0. The first-order valence-corrected chi connectivity index (χ1v) is 6.33. The monoisotopic (exact) mass is 285 g/mol. The highest BCUT2D eigenvalue weighted by molar-refractivity contribution is 5.78. The van der Waals surface area contributed by atoms with E-state index in [4.69, 9.17) is 0 Å². The summed E-state index contributed by atoms with van der Waals surface area (Å²) >= 11 is 0. The van der Waals surface area contributed by atoms with Gasteiger partial charge in [0.05, 0.1) is 15.9 Å². The molecular weight excluding hydrogens is 274 g/mol. The molecule has 2 aromatic rings. The van der Waals surface area contributed by atoms with Gasteiger partial charge in [0.15, 0.2) is 5.69 Å². The number of nitro benzene ring substituents is 2. The lowest BCUT2D eigenvalue weighted by atomic mass is 10.1. The standard InChI is InChI=1S/C14H11N3O4/c18-16(19)11-7-4-8-12(17(20)21)14(11)15-9-13(15)10-5-2-1-3-6-10/h1-8,13H,9H2/t13-,15?/m1/s1. The number of rotatable bonds is 4. The largest absolute Gasteiger partial charge is 0.349 e. The Balaban J connectivity index is 2.03. The summed E-state index contributed by atoms with van der Waals surface area (Å²) < 4.78 is 0. The molecule has 1 aliphatic rings. The van der Waals surface area contributed by atoms with E-state index in [-0.39, 0.29) is 23.1 Å². The molecule has 0 bridgehead atoms. The first-order valence-electron chi connectivity index (χ1n) is 6.33. The summed E-state index contributed by atoms with van der Waals surface area (Å²) in [5, 5.41) is 22.3. The van der Waals surface area contributed by atoms with Crippen molar-refractivity contribution in [3.05, 3.63) is 74.3 Å². The Bertz CT molecular complexity index is 685. The molecule has 1 saturated heterocycles. The van der Waals surface area contributed by atoms with Crippen LogP contribution in [0.1, 0.15) is 11.6 Å². The molecule has 1 atom stereocenters. The van der Waals surface area contributed by atoms with Gasteiger partial charge in [0.1, 0.15) is 0 Å². The molecule has 0 aliphatic carbocycles. The van der Waals surface area contributed by atoms with E-state index in [0.29, 0.717) is 6.54 Å². The van der Waals surface area contributed by atoms with Crippen LogP contribution in [0.2, 0.25) is 0 Å². The van der Waals surface area contributed by atoms with Crippen molar-refractivity contribution in [2.24, 2.45) is 0 Å². The summed E-state index contributed by atoms with van der Waals surface area (Å²) in [4.78, 5) is 22.8. The molecule has 1 aliphatic heterocycles. The Morgan fingerprint density at radius 1 is 0.905 bits per heavy atom. The van der Waals surface area contributed by atoms with E-state index in [1.165, 1.54) is 18.2 Å². The summed E-state index contributed by atoms with van der Waals surface area (Å²) in [6.07, 6.45) is 0. The predicted octanol–water partition coefficient (Wildman–Crippen LogP) is 3.06. The lowest BCUT2D eigenvalue weighted by Crippen LogP contribution is -2.03. The normalized spacial score (nSPS) is 16.6. The maximum absolute atomic E-state index is 11.1. The van der Waals surface area contributed by atoms with E-state index >= 15 is 0 Å². The molecule has 7 nitrogen and oxygen atoms in total. The van der Waals surface area contributed by atoms with Crippen LogP contribution in [0, 0.1) is 20.2 Å². The van der Waals surface area contributed by atoms with Crippen molar-refractivity contribution in [2.75, 3.05) is 11.4 Å². The highest BCUT2D eigenvalue weighted by Crippen LogP contribution is 2.48. The molecule has 1 heterocycles. The fourth-order valence-electron chi connectivity index (χ4n) is 2.46. The molecule has 21 heavy (non-hydrogen) atoms. The van der Waals surface area contributed by atoms with Crippen molar-refractivity contribution in [3.63, 3.8) is 0 Å². The average molecular weight is 285 g/mol. The zero-order valence-electron chi connectivity index (χ0n) is 10.9. The van der Waals surface area contributed by atoms with Gasteiger partial charge < -0.3 is 4.90 Å². The predicted molar refractivity (Wildman–Crippen MR) is 76.3 cm³/mol. The maximum atomic E-state index is 11.1. The highest BCUT2D eigenvalue weighted by Gasteiger charge is 2.43. The molecule has 7 heteroatoms. The minimum Gasteiger partial charge on any atom is -0.349 e. The fraction of sp³-hybridized carbons (Fsp3) is 0.143. The summed E-state index contributed by atoms with van der Waals surface area (Å²) in [6, 6.07) is 13.3. The van der Waals surface area contributed by atoms with Gasteiger partial charge in [-0.3, -0.25) is 20.2 Å². The van der Waals surface area contributed by atoms with Crippen LogP contribution in [-0.2, 0) is 0 Å². The van der Waals surface area contributed by atoms with E-state index in [2.05, 4.69) is 0 Å². The van der Waals surface area contributed by atoms with Gasteiger partial charge in [-0.25, -0.2) is 0 Å². The lowest BCUT2D eigenvalue weighted by Gasteiger charge is -2.07. The molecule has 0 unspecified atom stereocenters. The van der Waals surface area contributed by atoms with Crippen LogP contribution < -0.4 is 4.90 Å². The van der Waals surface area contributed by atoms with Crippen LogP contribution in [-0.4, -0.2) is 16.4 Å². The number of para-hydroxylation sites is 1. The van der Waals surface area contributed by atoms with Crippen molar-refractivity contribution in [3.8, 4) is 0 Å². The van der Waals surface area contributed by atoms with Gasteiger partial charge in [-0.15, -0.1) is 0 Å². The summed E-state index contributed by atoms with van der Waals surface area (Å²) in [5.41, 5.74) is 0.608. The highest BCUT2D eigenvalue weighted by atomic mass is 16.6. The van der Waals surface area contributed by atoms with Gasteiger partial charge in [0, 0.05) is 18.7 Å². The van der Waals surface area contributed by atoms with E-state index in [9.17, 15) is 20.2 Å². The zero-order valence-corrected chi connectivity index (χ0v) is 10.9. The second-order valence-electron chi connectivity index (χ2n) is 4.74. The van der Waals surface area contributed by atoms with Crippen molar-refractivity contribution >= 4 is 17.1 Å². The molecular formula is C14H11N3O4. The zero-order chi connectivity index (χ0) is 15.0. The molecule has 3 rings (SSSR count). The lowest BCUT2D eigenvalue weighted by molar-refractivity contribution is -0.392. The van der Waals surface area contributed by atoms with Crippen LogP contribution in [0.25, 0.3) is 0 Å². The number of anilines is 1. The Kier molecular flexibility index (Phi) is 3.02. The van der Waals surface area contributed by atoms with Crippen molar-refractivity contribution in [1.29, 1.82) is 0 Å². The van der Waals surface area contributed by atoms with Gasteiger partial charge in [-0.05, 0) is 11.6 Å². The van der Waals surface area contributed by atoms with Gasteiger partial charge >= 0.3 is 0 Å². The first-order chi connectivity index (χ1) is 10.1. The Morgan fingerprint density at radius 3 is 2.00 bits per heavy atom. The molecule has 0 radical (unpaired) electrons. The molecule has 0 amide bonds. The Labute approximate surface area is 119 Å². The average Bonchev–Trinajstić information content (AvgIpc) is 3.27. The molecule has 0 aromatic heterocycles. The molecule has 1 fully saturated rings. The molecule has 0 spiro atoms. The topological polar surface area (TPSA) is 89.3 Å². The molecule has 0 N–H and O–H groups in total. The van der Waals surface area contributed by atoms with Gasteiger partial charge in [0.2, 0.25) is 0 Å². The Hall–Kier alpha value is -2.96. The smallest absolute Gasteiger partial charge is 0.299 e. The number of hydrogen-bond donors (Lipinski definition) is 0. The van der Waals surface area contributed by atoms with Crippen molar-refractivity contribution in [1.82, 2.24) is 0 Å². The van der Waals surface area contributed by atoms with Crippen LogP contribution >= 0.6 is 0 Å². The van der Waals surface area contributed by atoms with E-state index in [0.717, 1.165) is 5.56 Å². The van der Waals surface area contributed by atoms with Crippen LogP contribution in [0.3, 0.4) is 0 Å². The SMILES string of the molecule is O=[N+]([O-])c1cccc([N+](=O)[O-])c1N1C[C@@H]1c1ccccc1. The van der Waals surface area contributed by atoms with E-state index < -0.39 is 9.85 Å². The summed E-state index contributed by atoms with van der Waals surface area (Å²) in [5.74, 6) is 0. The summed E-state index contributed by atoms with van der Waals surface area (Å²) in [6.45, 7) is 0.537. The summed E-state index contributed by atoms with van der Waals surface area (Å²) in [7, 11) is 0. The quantitative estimate of drug-likeness (QED) is 0.489. The Morgan fingerprint density at radius 2 is 1.48 bits per heavy atom. The van der Waals surface area contributed by atoms with Crippen LogP contribution in [0.5, 0.6) is 0 Å². The molecule has 2 aromatic carbocycles. The number of nitrogens with zero attached hydrogens (tertiary/aromatic N) is 3.